The molecule has 0 fully saturated rings. The van der Waals surface area contributed by atoms with Crippen molar-refractivity contribution in [3.63, 3.8) is 0 Å². The fourth-order valence-electron chi connectivity index (χ4n) is 1.55. The van der Waals surface area contributed by atoms with Crippen molar-refractivity contribution in [3.8, 4) is 0 Å². The quantitative estimate of drug-likeness (QED) is 0.846. The monoisotopic (exact) mass is 299 g/mol. The number of nitrogens with zero attached hydrogens (tertiary/aromatic N) is 1. The number of amides is 2. The van der Waals surface area contributed by atoms with E-state index in [-0.39, 0.29) is 6.03 Å². The van der Waals surface area contributed by atoms with Crippen LogP contribution in [0.3, 0.4) is 0 Å². The summed E-state index contributed by atoms with van der Waals surface area (Å²) >= 11 is 0. The van der Waals surface area contributed by atoms with Crippen molar-refractivity contribution in [3.05, 3.63) is 24.3 Å². The smallest absolute Gasteiger partial charge is 0.321 e. The first-order chi connectivity index (χ1) is 9.31. The number of unbranched alkanes of at least 4 members (excludes halogenated alkanes) is 1. The molecule has 1 aromatic rings. The third kappa shape index (κ3) is 5.92. The molecule has 20 heavy (non-hydrogen) atoms. The molecule has 2 amide bonds. The zero-order valence-corrected chi connectivity index (χ0v) is 12.8. The van der Waals surface area contributed by atoms with Crippen LogP contribution >= 0.6 is 0 Å². The Morgan fingerprint density at radius 3 is 2.25 bits per heavy atom. The summed E-state index contributed by atoms with van der Waals surface area (Å²) in [5, 5.41) is 2.75. The minimum Gasteiger partial charge on any atom is -0.328 e. The molecule has 0 saturated heterocycles. The summed E-state index contributed by atoms with van der Waals surface area (Å²) in [6.45, 7) is 2.77. The van der Waals surface area contributed by atoms with Gasteiger partial charge in [-0.2, -0.15) is 0 Å². The summed E-state index contributed by atoms with van der Waals surface area (Å²) in [6.07, 6.45) is 3.08. The number of rotatable bonds is 6. The van der Waals surface area contributed by atoms with Gasteiger partial charge < -0.3 is 10.2 Å². The van der Waals surface area contributed by atoms with Crippen molar-refractivity contribution in [2.75, 3.05) is 29.9 Å². The summed E-state index contributed by atoms with van der Waals surface area (Å²) in [4.78, 5) is 13.5. The van der Waals surface area contributed by atoms with Gasteiger partial charge in [0.1, 0.15) is 0 Å². The highest BCUT2D eigenvalue weighted by Gasteiger charge is 2.08. The van der Waals surface area contributed by atoms with E-state index in [1.807, 2.05) is 0 Å². The second kappa shape index (κ2) is 7.14. The van der Waals surface area contributed by atoms with E-state index in [1.165, 1.54) is 0 Å². The van der Waals surface area contributed by atoms with E-state index in [1.54, 1.807) is 36.2 Å². The number of carbonyl (C=O) groups excluding carboxylic acids is 1. The van der Waals surface area contributed by atoms with Crippen molar-refractivity contribution in [1.29, 1.82) is 0 Å². The number of hydrogen-bond acceptors (Lipinski definition) is 3. The van der Waals surface area contributed by atoms with E-state index in [9.17, 15) is 13.2 Å². The lowest BCUT2D eigenvalue weighted by atomic mass is 10.3. The van der Waals surface area contributed by atoms with E-state index in [0.717, 1.165) is 19.1 Å². The molecule has 2 N–H and O–H groups in total. The zero-order valence-electron chi connectivity index (χ0n) is 12.0. The van der Waals surface area contributed by atoms with Crippen molar-refractivity contribution in [2.24, 2.45) is 0 Å². The van der Waals surface area contributed by atoms with Gasteiger partial charge >= 0.3 is 6.03 Å². The third-order valence-electron chi connectivity index (χ3n) is 2.63. The van der Waals surface area contributed by atoms with E-state index in [2.05, 4.69) is 17.0 Å². The second-order valence-electron chi connectivity index (χ2n) is 4.66. The van der Waals surface area contributed by atoms with Gasteiger partial charge in [-0.25, -0.2) is 13.2 Å². The molecule has 1 rings (SSSR count). The Bertz CT molecular complexity index is 540. The molecule has 0 radical (unpaired) electrons. The molecule has 112 valence electrons. The minimum atomic E-state index is -3.28. The third-order valence-corrected chi connectivity index (χ3v) is 3.24. The Balaban J connectivity index is 2.59. The van der Waals surface area contributed by atoms with Crippen LogP contribution in [0.4, 0.5) is 16.2 Å². The SMILES string of the molecule is CCCCN(C)C(=O)Nc1ccc(NS(C)(=O)=O)cc1. The molecule has 0 spiro atoms. The predicted octanol–water partition coefficient (Wildman–Crippen LogP) is 2.32. The molecule has 0 aliphatic carbocycles. The van der Waals surface area contributed by atoms with Gasteiger partial charge in [0.2, 0.25) is 10.0 Å². The summed E-state index contributed by atoms with van der Waals surface area (Å²) < 4.78 is 24.5. The summed E-state index contributed by atoms with van der Waals surface area (Å²) in [6, 6.07) is 6.33. The van der Waals surface area contributed by atoms with Gasteiger partial charge in [0, 0.05) is 25.0 Å². The maximum atomic E-state index is 11.8. The van der Waals surface area contributed by atoms with Gasteiger partial charge in [0.15, 0.2) is 0 Å². The first-order valence-electron chi connectivity index (χ1n) is 6.42. The molecule has 0 atom stereocenters. The van der Waals surface area contributed by atoms with Gasteiger partial charge in [-0.15, -0.1) is 0 Å². The summed E-state index contributed by atoms with van der Waals surface area (Å²) in [5.74, 6) is 0. The fraction of sp³-hybridized carbons (Fsp3) is 0.462. The molecule has 0 aliphatic heterocycles. The van der Waals surface area contributed by atoms with Crippen LogP contribution in [0.2, 0.25) is 0 Å². The molecule has 0 aromatic heterocycles. The number of hydrogen-bond donors (Lipinski definition) is 2. The number of benzene rings is 1. The molecule has 0 bridgehead atoms. The van der Waals surface area contributed by atoms with E-state index < -0.39 is 10.0 Å². The Kier molecular flexibility index (Phi) is 5.82. The second-order valence-corrected chi connectivity index (χ2v) is 6.41. The van der Waals surface area contributed by atoms with Gasteiger partial charge in [-0.05, 0) is 30.7 Å². The lowest BCUT2D eigenvalue weighted by Gasteiger charge is -2.17. The summed E-state index contributed by atoms with van der Waals surface area (Å²) in [5.41, 5.74) is 1.09. The molecule has 7 heteroatoms. The first kappa shape index (κ1) is 16.3. The lowest BCUT2D eigenvalue weighted by Crippen LogP contribution is -2.32. The number of sulfonamides is 1. The molecular weight excluding hydrogens is 278 g/mol. The van der Waals surface area contributed by atoms with Gasteiger partial charge in [-0.1, -0.05) is 13.3 Å². The first-order valence-corrected chi connectivity index (χ1v) is 8.31. The van der Waals surface area contributed by atoms with E-state index in [4.69, 9.17) is 0 Å². The maximum absolute atomic E-state index is 11.8. The highest BCUT2D eigenvalue weighted by atomic mass is 32.2. The predicted molar refractivity (Wildman–Crippen MR) is 81.5 cm³/mol. The van der Waals surface area contributed by atoms with Gasteiger partial charge in [0.05, 0.1) is 6.26 Å². The fourth-order valence-corrected chi connectivity index (χ4v) is 2.12. The van der Waals surface area contributed by atoms with Crippen LogP contribution in [0.5, 0.6) is 0 Å². The standard InChI is InChI=1S/C13H21N3O3S/c1-4-5-10-16(2)13(17)14-11-6-8-12(9-7-11)15-20(3,18)19/h6-9,15H,4-5,10H2,1-3H3,(H,14,17). The molecule has 0 heterocycles. The van der Waals surface area contributed by atoms with Crippen LogP contribution in [0.25, 0.3) is 0 Å². The highest BCUT2D eigenvalue weighted by molar-refractivity contribution is 7.92. The van der Waals surface area contributed by atoms with Crippen LogP contribution in [0.15, 0.2) is 24.3 Å². The molecule has 1 aromatic carbocycles. The number of urea groups is 1. The average Bonchev–Trinajstić information content (AvgIpc) is 2.36. The van der Waals surface area contributed by atoms with E-state index in [0.29, 0.717) is 17.9 Å². The number of nitrogens with one attached hydrogen (secondary N) is 2. The topological polar surface area (TPSA) is 78.5 Å². The Labute approximate surface area is 120 Å². The normalized spacial score (nSPS) is 10.9. The molecular formula is C13H21N3O3S. The van der Waals surface area contributed by atoms with Gasteiger partial charge in [0.25, 0.3) is 0 Å². The number of anilines is 2. The minimum absolute atomic E-state index is 0.178. The highest BCUT2D eigenvalue weighted by Crippen LogP contribution is 2.14. The van der Waals surface area contributed by atoms with Crippen LogP contribution in [-0.4, -0.2) is 39.2 Å². The van der Waals surface area contributed by atoms with Crippen LogP contribution in [-0.2, 0) is 10.0 Å². The molecule has 6 nitrogen and oxygen atoms in total. The van der Waals surface area contributed by atoms with Crippen molar-refractivity contribution < 1.29 is 13.2 Å². The number of carbonyl (C=O) groups is 1. The molecule has 0 aliphatic rings. The van der Waals surface area contributed by atoms with Crippen LogP contribution < -0.4 is 10.0 Å². The van der Waals surface area contributed by atoms with E-state index >= 15 is 0 Å². The zero-order chi connectivity index (χ0) is 15.2. The van der Waals surface area contributed by atoms with Crippen molar-refractivity contribution in [2.45, 2.75) is 19.8 Å². The lowest BCUT2D eigenvalue weighted by molar-refractivity contribution is 0.222. The summed E-state index contributed by atoms with van der Waals surface area (Å²) in [7, 11) is -1.54. The van der Waals surface area contributed by atoms with Crippen LogP contribution in [0, 0.1) is 0 Å². The molecule has 0 saturated carbocycles. The van der Waals surface area contributed by atoms with Crippen molar-refractivity contribution >= 4 is 27.4 Å². The Morgan fingerprint density at radius 1 is 1.20 bits per heavy atom. The maximum Gasteiger partial charge on any atom is 0.321 e. The largest absolute Gasteiger partial charge is 0.328 e. The van der Waals surface area contributed by atoms with Crippen molar-refractivity contribution in [1.82, 2.24) is 4.90 Å². The average molecular weight is 299 g/mol. The molecule has 0 unspecified atom stereocenters. The Hall–Kier alpha value is -1.76. The van der Waals surface area contributed by atoms with Crippen LogP contribution in [0.1, 0.15) is 19.8 Å². The van der Waals surface area contributed by atoms with Gasteiger partial charge in [-0.3, -0.25) is 4.72 Å². The Morgan fingerprint density at radius 2 is 1.75 bits per heavy atom.